The summed E-state index contributed by atoms with van der Waals surface area (Å²) in [6.45, 7) is 6.98. The van der Waals surface area contributed by atoms with Crippen LogP contribution in [-0.2, 0) is 16.6 Å². The fraction of sp³-hybridized carbons (Fsp3) is 0.333. The highest BCUT2D eigenvalue weighted by atomic mass is 32.2. The molecule has 0 heterocycles. The number of benzene rings is 2. The Labute approximate surface area is 139 Å². The van der Waals surface area contributed by atoms with Gasteiger partial charge in [0.2, 0.25) is 10.0 Å². The molecule has 0 aliphatic carbocycles. The van der Waals surface area contributed by atoms with Crippen molar-refractivity contribution in [3.05, 3.63) is 64.7 Å². The first-order valence-corrected chi connectivity index (χ1v) is 9.15. The molecule has 4 nitrogen and oxygen atoms in total. The van der Waals surface area contributed by atoms with Crippen LogP contribution in [0.15, 0.2) is 47.4 Å². The van der Waals surface area contributed by atoms with Gasteiger partial charge in [-0.25, -0.2) is 13.1 Å². The van der Waals surface area contributed by atoms with E-state index in [1.807, 2.05) is 13.0 Å². The average Bonchev–Trinajstić information content (AvgIpc) is 2.55. The third-order valence-electron chi connectivity index (χ3n) is 4.12. The smallest absolute Gasteiger partial charge is 0.240 e. The third kappa shape index (κ3) is 4.41. The van der Waals surface area contributed by atoms with Crippen molar-refractivity contribution in [2.45, 2.75) is 38.3 Å². The first-order chi connectivity index (χ1) is 10.8. The molecular weight excluding hydrogens is 308 g/mol. The second-order valence-electron chi connectivity index (χ2n) is 5.80. The SMILES string of the molecule is CNS(=O)(=O)c1cccc([C@H](C)NCc2ccc(C)c(C)c2)c1. The van der Waals surface area contributed by atoms with Crippen LogP contribution >= 0.6 is 0 Å². The number of sulfonamides is 1. The van der Waals surface area contributed by atoms with Crippen molar-refractivity contribution in [1.82, 2.24) is 10.0 Å². The van der Waals surface area contributed by atoms with E-state index in [1.54, 1.807) is 18.2 Å². The van der Waals surface area contributed by atoms with Crippen molar-refractivity contribution in [3.8, 4) is 0 Å². The minimum absolute atomic E-state index is 0.0589. The monoisotopic (exact) mass is 332 g/mol. The molecule has 0 fully saturated rings. The second kappa shape index (κ2) is 7.25. The molecule has 23 heavy (non-hydrogen) atoms. The first-order valence-electron chi connectivity index (χ1n) is 7.66. The lowest BCUT2D eigenvalue weighted by Crippen LogP contribution is -2.21. The predicted octanol–water partition coefficient (Wildman–Crippen LogP) is 3.06. The van der Waals surface area contributed by atoms with Crippen LogP contribution in [0, 0.1) is 13.8 Å². The van der Waals surface area contributed by atoms with E-state index >= 15 is 0 Å². The Balaban J connectivity index is 2.10. The average molecular weight is 332 g/mol. The summed E-state index contributed by atoms with van der Waals surface area (Å²) in [5.41, 5.74) is 4.73. The van der Waals surface area contributed by atoms with Gasteiger partial charge in [0.15, 0.2) is 0 Å². The van der Waals surface area contributed by atoms with Crippen LogP contribution in [0.25, 0.3) is 0 Å². The van der Waals surface area contributed by atoms with Crippen LogP contribution in [0.1, 0.15) is 35.2 Å². The van der Waals surface area contributed by atoms with Crippen LogP contribution in [0.3, 0.4) is 0 Å². The summed E-state index contributed by atoms with van der Waals surface area (Å²) in [4.78, 5) is 0.289. The van der Waals surface area contributed by atoms with Crippen molar-refractivity contribution in [3.63, 3.8) is 0 Å². The van der Waals surface area contributed by atoms with Gasteiger partial charge >= 0.3 is 0 Å². The first kappa shape index (κ1) is 17.7. The zero-order chi connectivity index (χ0) is 17.0. The van der Waals surface area contributed by atoms with E-state index in [9.17, 15) is 8.42 Å². The van der Waals surface area contributed by atoms with Crippen molar-refractivity contribution in [1.29, 1.82) is 0 Å². The quantitative estimate of drug-likeness (QED) is 0.855. The number of rotatable bonds is 6. The highest BCUT2D eigenvalue weighted by molar-refractivity contribution is 7.89. The van der Waals surface area contributed by atoms with Crippen molar-refractivity contribution < 1.29 is 8.42 Å². The van der Waals surface area contributed by atoms with Crippen LogP contribution in [0.5, 0.6) is 0 Å². The molecule has 0 saturated heterocycles. The number of nitrogens with one attached hydrogen (secondary N) is 2. The summed E-state index contributed by atoms with van der Waals surface area (Å²) in [6.07, 6.45) is 0. The Morgan fingerprint density at radius 2 is 1.78 bits per heavy atom. The lowest BCUT2D eigenvalue weighted by Gasteiger charge is -2.16. The highest BCUT2D eigenvalue weighted by Gasteiger charge is 2.13. The molecule has 0 aromatic heterocycles. The maximum absolute atomic E-state index is 11.9. The van der Waals surface area contributed by atoms with Gasteiger partial charge in [0, 0.05) is 12.6 Å². The Hall–Kier alpha value is -1.69. The zero-order valence-electron chi connectivity index (χ0n) is 14.1. The molecule has 2 rings (SSSR count). The summed E-state index contributed by atoms with van der Waals surface area (Å²) >= 11 is 0. The lowest BCUT2D eigenvalue weighted by molar-refractivity contribution is 0.571. The molecule has 2 N–H and O–H groups in total. The van der Waals surface area contributed by atoms with Gasteiger partial charge in [0.1, 0.15) is 0 Å². The molecule has 0 spiro atoms. The van der Waals surface area contributed by atoms with Crippen molar-refractivity contribution >= 4 is 10.0 Å². The van der Waals surface area contributed by atoms with Crippen LogP contribution in [-0.4, -0.2) is 15.5 Å². The number of hydrogen-bond acceptors (Lipinski definition) is 3. The maximum atomic E-state index is 11.9. The van der Waals surface area contributed by atoms with Crippen LogP contribution in [0.4, 0.5) is 0 Å². The summed E-state index contributed by atoms with van der Waals surface area (Å²) in [6, 6.07) is 13.5. The molecule has 0 aliphatic rings. The van der Waals surface area contributed by atoms with Gasteiger partial charge in [0.25, 0.3) is 0 Å². The van der Waals surface area contributed by atoms with E-state index in [-0.39, 0.29) is 10.9 Å². The Morgan fingerprint density at radius 3 is 2.43 bits per heavy atom. The fourth-order valence-electron chi connectivity index (χ4n) is 2.37. The molecule has 0 saturated carbocycles. The summed E-state index contributed by atoms with van der Waals surface area (Å²) in [5.74, 6) is 0. The molecule has 2 aromatic carbocycles. The van der Waals surface area contributed by atoms with E-state index < -0.39 is 10.0 Å². The number of hydrogen-bond donors (Lipinski definition) is 2. The standard InChI is InChI=1S/C18H24N2O2S/c1-13-8-9-16(10-14(13)2)12-20-15(3)17-6-5-7-18(11-17)23(21,22)19-4/h5-11,15,19-20H,12H2,1-4H3/t15-/m0/s1. The van der Waals surface area contributed by atoms with Gasteiger partial charge in [-0.05, 0) is 62.2 Å². The molecule has 0 amide bonds. The van der Waals surface area contributed by atoms with E-state index in [0.717, 1.165) is 12.1 Å². The van der Waals surface area contributed by atoms with Crippen molar-refractivity contribution in [2.75, 3.05) is 7.05 Å². The Kier molecular flexibility index (Phi) is 5.57. The lowest BCUT2D eigenvalue weighted by atomic mass is 10.1. The molecule has 0 bridgehead atoms. The topological polar surface area (TPSA) is 58.2 Å². The van der Waals surface area contributed by atoms with Gasteiger partial charge in [-0.15, -0.1) is 0 Å². The number of aryl methyl sites for hydroxylation is 2. The van der Waals surface area contributed by atoms with E-state index in [4.69, 9.17) is 0 Å². The molecule has 0 unspecified atom stereocenters. The molecule has 1 atom stereocenters. The molecule has 0 radical (unpaired) electrons. The van der Waals surface area contributed by atoms with Crippen LogP contribution in [0.2, 0.25) is 0 Å². The molecule has 5 heteroatoms. The van der Waals surface area contributed by atoms with Gasteiger partial charge in [0.05, 0.1) is 4.90 Å². The van der Waals surface area contributed by atoms with E-state index in [0.29, 0.717) is 0 Å². The molecule has 0 aliphatic heterocycles. The maximum Gasteiger partial charge on any atom is 0.240 e. The highest BCUT2D eigenvalue weighted by Crippen LogP contribution is 2.18. The van der Waals surface area contributed by atoms with E-state index in [1.165, 1.54) is 23.7 Å². The Bertz CT molecular complexity index is 785. The molecule has 2 aromatic rings. The Morgan fingerprint density at radius 1 is 1.04 bits per heavy atom. The molecular formula is C18H24N2O2S. The van der Waals surface area contributed by atoms with Gasteiger partial charge < -0.3 is 5.32 Å². The molecule has 124 valence electrons. The predicted molar refractivity (Wildman–Crippen MR) is 93.9 cm³/mol. The fourth-order valence-corrected chi connectivity index (χ4v) is 3.16. The summed E-state index contributed by atoms with van der Waals surface area (Å²) in [5, 5.41) is 3.44. The normalized spacial score (nSPS) is 13.0. The second-order valence-corrected chi connectivity index (χ2v) is 7.69. The zero-order valence-corrected chi connectivity index (χ0v) is 14.9. The van der Waals surface area contributed by atoms with E-state index in [2.05, 4.69) is 42.1 Å². The van der Waals surface area contributed by atoms with Gasteiger partial charge in [-0.1, -0.05) is 30.3 Å². The summed E-state index contributed by atoms with van der Waals surface area (Å²) < 4.78 is 26.1. The van der Waals surface area contributed by atoms with Crippen LogP contribution < -0.4 is 10.0 Å². The summed E-state index contributed by atoms with van der Waals surface area (Å²) in [7, 11) is -1.99. The van der Waals surface area contributed by atoms with Crippen molar-refractivity contribution in [2.24, 2.45) is 0 Å². The van der Waals surface area contributed by atoms with Gasteiger partial charge in [-0.2, -0.15) is 0 Å². The minimum Gasteiger partial charge on any atom is -0.306 e. The third-order valence-corrected chi connectivity index (χ3v) is 5.53. The minimum atomic E-state index is -3.41. The largest absolute Gasteiger partial charge is 0.306 e. The van der Waals surface area contributed by atoms with Gasteiger partial charge in [-0.3, -0.25) is 0 Å².